The number of hydrogen-bond donors (Lipinski definition) is 1. The Hall–Kier alpha value is -2.68. The Morgan fingerprint density at radius 2 is 1.91 bits per heavy atom. The van der Waals surface area contributed by atoms with E-state index in [0.29, 0.717) is 5.69 Å². The summed E-state index contributed by atoms with van der Waals surface area (Å²) < 4.78 is 29.0. The van der Waals surface area contributed by atoms with Crippen LogP contribution in [0.4, 0.5) is 5.69 Å². The van der Waals surface area contributed by atoms with Gasteiger partial charge in [-0.25, -0.2) is 13.2 Å². The van der Waals surface area contributed by atoms with Crippen LogP contribution in [0.15, 0.2) is 41.6 Å². The van der Waals surface area contributed by atoms with Crippen molar-refractivity contribution in [2.75, 3.05) is 18.2 Å². The van der Waals surface area contributed by atoms with Crippen LogP contribution < -0.4 is 5.32 Å². The van der Waals surface area contributed by atoms with Crippen molar-refractivity contribution in [3.8, 4) is 0 Å². The lowest BCUT2D eigenvalue weighted by atomic mass is 10.3. The average molecular weight is 337 g/mol. The van der Waals surface area contributed by atoms with Crippen LogP contribution in [0.25, 0.3) is 0 Å². The van der Waals surface area contributed by atoms with E-state index in [-0.39, 0.29) is 10.5 Å². The standard InChI is InChI=1S/C14H15N3O5S/c1-17-8-10(7-15-17)14(19)22-9-13(18)16-11-3-5-12(6-4-11)23(2,20)21/h3-8H,9H2,1-2H3,(H,16,18). The van der Waals surface area contributed by atoms with Crippen molar-refractivity contribution in [3.63, 3.8) is 0 Å². The molecule has 0 radical (unpaired) electrons. The normalized spacial score (nSPS) is 11.0. The van der Waals surface area contributed by atoms with Gasteiger partial charge in [0.1, 0.15) is 0 Å². The number of esters is 1. The lowest BCUT2D eigenvalue weighted by Crippen LogP contribution is -2.20. The van der Waals surface area contributed by atoms with Gasteiger partial charge in [0.15, 0.2) is 16.4 Å². The molecule has 8 nitrogen and oxygen atoms in total. The zero-order valence-electron chi connectivity index (χ0n) is 12.5. The number of anilines is 1. The molecule has 1 amide bonds. The number of hydrogen-bond acceptors (Lipinski definition) is 6. The van der Waals surface area contributed by atoms with Gasteiger partial charge in [-0.3, -0.25) is 9.48 Å². The highest BCUT2D eigenvalue weighted by Gasteiger charge is 2.12. The molecule has 9 heteroatoms. The fraction of sp³-hybridized carbons (Fsp3) is 0.214. The van der Waals surface area contributed by atoms with E-state index in [2.05, 4.69) is 10.4 Å². The largest absolute Gasteiger partial charge is 0.452 e. The monoisotopic (exact) mass is 337 g/mol. The molecular formula is C14H15N3O5S. The first-order valence-electron chi connectivity index (χ1n) is 6.51. The van der Waals surface area contributed by atoms with Crippen LogP contribution in [0.5, 0.6) is 0 Å². The summed E-state index contributed by atoms with van der Waals surface area (Å²) >= 11 is 0. The molecule has 0 spiro atoms. The second-order valence-corrected chi connectivity index (χ2v) is 6.84. The van der Waals surface area contributed by atoms with Crippen LogP contribution in [-0.2, 0) is 26.4 Å². The molecule has 2 aromatic rings. The summed E-state index contributed by atoms with van der Waals surface area (Å²) in [5.41, 5.74) is 0.651. The molecule has 0 atom stereocenters. The van der Waals surface area contributed by atoms with E-state index in [1.54, 1.807) is 7.05 Å². The molecule has 0 aliphatic heterocycles. The molecule has 0 saturated carbocycles. The van der Waals surface area contributed by atoms with E-state index in [4.69, 9.17) is 4.74 Å². The van der Waals surface area contributed by atoms with Crippen molar-refractivity contribution < 1.29 is 22.7 Å². The minimum Gasteiger partial charge on any atom is -0.452 e. The first kappa shape index (κ1) is 16.7. The van der Waals surface area contributed by atoms with Crippen molar-refractivity contribution in [2.24, 2.45) is 7.05 Å². The third-order valence-electron chi connectivity index (χ3n) is 2.84. The summed E-state index contributed by atoms with van der Waals surface area (Å²) in [5, 5.41) is 6.33. The summed E-state index contributed by atoms with van der Waals surface area (Å²) in [6, 6.07) is 5.67. The van der Waals surface area contributed by atoms with Gasteiger partial charge in [-0.1, -0.05) is 0 Å². The van der Waals surface area contributed by atoms with E-state index in [0.717, 1.165) is 6.26 Å². The van der Waals surface area contributed by atoms with Gasteiger partial charge in [0.2, 0.25) is 0 Å². The highest BCUT2D eigenvalue weighted by molar-refractivity contribution is 7.90. The Kier molecular flexibility index (Phi) is 4.80. The number of carbonyl (C=O) groups excluding carboxylic acids is 2. The number of ether oxygens (including phenoxy) is 1. The Labute approximate surface area is 133 Å². The predicted molar refractivity (Wildman–Crippen MR) is 81.7 cm³/mol. The Morgan fingerprint density at radius 1 is 1.26 bits per heavy atom. The third-order valence-corrected chi connectivity index (χ3v) is 3.97. The average Bonchev–Trinajstić information content (AvgIpc) is 2.91. The van der Waals surface area contributed by atoms with Crippen LogP contribution in [0.1, 0.15) is 10.4 Å². The number of benzene rings is 1. The Bertz CT molecular complexity index is 824. The van der Waals surface area contributed by atoms with Crippen molar-refractivity contribution in [2.45, 2.75) is 4.90 Å². The van der Waals surface area contributed by atoms with Crippen LogP contribution in [-0.4, -0.2) is 42.9 Å². The van der Waals surface area contributed by atoms with Gasteiger partial charge in [0.25, 0.3) is 5.91 Å². The molecule has 1 heterocycles. The van der Waals surface area contributed by atoms with Gasteiger partial charge in [-0.05, 0) is 24.3 Å². The minimum atomic E-state index is -3.29. The number of aromatic nitrogens is 2. The smallest absolute Gasteiger partial charge is 0.341 e. The Morgan fingerprint density at radius 3 is 2.43 bits per heavy atom. The molecule has 2 rings (SSSR count). The molecule has 1 aromatic carbocycles. The number of carbonyl (C=O) groups is 2. The zero-order valence-corrected chi connectivity index (χ0v) is 13.3. The lowest BCUT2D eigenvalue weighted by Gasteiger charge is -2.06. The molecule has 1 aromatic heterocycles. The summed E-state index contributed by atoms with van der Waals surface area (Å²) in [4.78, 5) is 23.5. The molecule has 23 heavy (non-hydrogen) atoms. The summed E-state index contributed by atoms with van der Waals surface area (Å²) in [6.07, 6.45) is 3.91. The molecule has 0 fully saturated rings. The highest BCUT2D eigenvalue weighted by Crippen LogP contribution is 2.13. The van der Waals surface area contributed by atoms with E-state index < -0.39 is 28.3 Å². The molecule has 122 valence electrons. The summed E-state index contributed by atoms with van der Waals surface area (Å²) in [5.74, 6) is -1.19. The van der Waals surface area contributed by atoms with Gasteiger partial charge in [-0.2, -0.15) is 5.10 Å². The molecule has 0 bridgehead atoms. The third kappa shape index (κ3) is 4.65. The van der Waals surface area contributed by atoms with E-state index in [1.807, 2.05) is 0 Å². The van der Waals surface area contributed by atoms with Gasteiger partial charge in [-0.15, -0.1) is 0 Å². The molecular weight excluding hydrogens is 322 g/mol. The van der Waals surface area contributed by atoms with Crippen LogP contribution in [0, 0.1) is 0 Å². The van der Waals surface area contributed by atoms with E-state index in [1.165, 1.54) is 41.3 Å². The van der Waals surface area contributed by atoms with Crippen molar-refractivity contribution >= 4 is 27.4 Å². The van der Waals surface area contributed by atoms with Crippen molar-refractivity contribution in [1.29, 1.82) is 0 Å². The highest BCUT2D eigenvalue weighted by atomic mass is 32.2. The fourth-order valence-electron chi connectivity index (χ4n) is 1.72. The minimum absolute atomic E-state index is 0.151. The zero-order chi connectivity index (χ0) is 17.0. The predicted octanol–water partition coefficient (Wildman–Crippen LogP) is 0.619. The molecule has 0 aliphatic rings. The first-order chi connectivity index (χ1) is 10.8. The van der Waals surface area contributed by atoms with Crippen LogP contribution >= 0.6 is 0 Å². The van der Waals surface area contributed by atoms with E-state index >= 15 is 0 Å². The van der Waals surface area contributed by atoms with Crippen LogP contribution in [0.2, 0.25) is 0 Å². The second-order valence-electron chi connectivity index (χ2n) is 4.82. The SMILES string of the molecule is Cn1cc(C(=O)OCC(=O)Nc2ccc(S(C)(=O)=O)cc2)cn1. The van der Waals surface area contributed by atoms with Gasteiger partial charge in [0, 0.05) is 25.2 Å². The molecule has 0 aliphatic carbocycles. The Balaban J connectivity index is 1.88. The number of rotatable bonds is 5. The van der Waals surface area contributed by atoms with Crippen LogP contribution in [0.3, 0.4) is 0 Å². The van der Waals surface area contributed by atoms with Gasteiger partial charge < -0.3 is 10.1 Å². The number of nitrogens with zero attached hydrogens (tertiary/aromatic N) is 2. The second kappa shape index (κ2) is 6.61. The molecule has 0 saturated heterocycles. The van der Waals surface area contributed by atoms with Gasteiger partial charge >= 0.3 is 5.97 Å². The summed E-state index contributed by atoms with van der Waals surface area (Å²) in [6.45, 7) is -0.457. The maximum Gasteiger partial charge on any atom is 0.341 e. The topological polar surface area (TPSA) is 107 Å². The quantitative estimate of drug-likeness (QED) is 0.802. The number of sulfone groups is 1. The molecule has 0 unspecified atom stereocenters. The van der Waals surface area contributed by atoms with Crippen molar-refractivity contribution in [3.05, 3.63) is 42.2 Å². The fourth-order valence-corrected chi connectivity index (χ4v) is 2.35. The molecule has 1 N–H and O–H groups in total. The van der Waals surface area contributed by atoms with Crippen molar-refractivity contribution in [1.82, 2.24) is 9.78 Å². The lowest BCUT2D eigenvalue weighted by molar-refractivity contribution is -0.119. The number of nitrogens with one attached hydrogen (secondary N) is 1. The maximum atomic E-state index is 11.7. The number of aryl methyl sites for hydroxylation is 1. The summed E-state index contributed by atoms with van der Waals surface area (Å²) in [7, 11) is -1.63. The number of amides is 1. The van der Waals surface area contributed by atoms with Gasteiger partial charge in [0.05, 0.1) is 16.7 Å². The first-order valence-corrected chi connectivity index (χ1v) is 8.40. The van der Waals surface area contributed by atoms with E-state index in [9.17, 15) is 18.0 Å². The maximum absolute atomic E-state index is 11.7.